The van der Waals surface area contributed by atoms with Gasteiger partial charge in [-0.25, -0.2) is 0 Å². The maximum atomic E-state index is 12.0. The molecule has 0 bridgehead atoms. The van der Waals surface area contributed by atoms with E-state index in [0.717, 1.165) is 20.6 Å². The zero-order valence-corrected chi connectivity index (χ0v) is 15.5. The summed E-state index contributed by atoms with van der Waals surface area (Å²) in [6, 6.07) is 8.18. The van der Waals surface area contributed by atoms with Crippen LogP contribution in [0.4, 0.5) is 0 Å². The lowest BCUT2D eigenvalue weighted by molar-refractivity contribution is -0.117. The number of benzene rings is 1. The van der Waals surface area contributed by atoms with Crippen LogP contribution in [-0.2, 0) is 4.79 Å². The number of carbonyl (C=O) groups is 1. The van der Waals surface area contributed by atoms with Crippen molar-refractivity contribution in [3.8, 4) is 0 Å². The Balaban J connectivity index is 1.49. The number of aryl methyl sites for hydroxylation is 2. The van der Waals surface area contributed by atoms with E-state index in [-0.39, 0.29) is 11.7 Å². The molecule has 0 radical (unpaired) electrons. The van der Waals surface area contributed by atoms with Crippen molar-refractivity contribution in [1.29, 1.82) is 0 Å². The molecule has 0 fully saturated rings. The molecule has 1 aliphatic heterocycles. The Morgan fingerprint density at radius 2 is 2.04 bits per heavy atom. The number of amidine groups is 1. The SMILES string of the molecule is Cc1ccc(C2=CSC(NC(=O)CSc3nnc(C)s3)=NN2)cc1. The van der Waals surface area contributed by atoms with Gasteiger partial charge in [0, 0.05) is 11.0 Å². The number of aromatic nitrogens is 2. The molecule has 0 spiro atoms. The lowest BCUT2D eigenvalue weighted by Crippen LogP contribution is -2.32. The molecule has 24 heavy (non-hydrogen) atoms. The van der Waals surface area contributed by atoms with Crippen LogP contribution in [0.5, 0.6) is 0 Å². The summed E-state index contributed by atoms with van der Waals surface area (Å²) in [5.74, 6) is 0.163. The van der Waals surface area contributed by atoms with Gasteiger partial charge in [0.15, 0.2) is 9.51 Å². The lowest BCUT2D eigenvalue weighted by Gasteiger charge is -2.14. The fraction of sp³-hybridized carbons (Fsp3) is 0.200. The van der Waals surface area contributed by atoms with Crippen LogP contribution in [0.2, 0.25) is 0 Å². The minimum atomic E-state index is -0.118. The molecule has 0 atom stereocenters. The van der Waals surface area contributed by atoms with Crippen molar-refractivity contribution in [2.75, 3.05) is 5.75 Å². The van der Waals surface area contributed by atoms with E-state index in [0.29, 0.717) is 5.17 Å². The summed E-state index contributed by atoms with van der Waals surface area (Å²) in [4.78, 5) is 12.0. The summed E-state index contributed by atoms with van der Waals surface area (Å²) in [6.45, 7) is 3.94. The maximum Gasteiger partial charge on any atom is 0.236 e. The second kappa shape index (κ2) is 7.82. The smallest absolute Gasteiger partial charge is 0.236 e. The Morgan fingerprint density at radius 1 is 1.25 bits per heavy atom. The van der Waals surface area contributed by atoms with Gasteiger partial charge in [-0.1, -0.05) is 64.7 Å². The molecule has 1 amide bonds. The average Bonchev–Trinajstić information content (AvgIpc) is 3.00. The van der Waals surface area contributed by atoms with Gasteiger partial charge in [-0.3, -0.25) is 10.2 Å². The van der Waals surface area contributed by atoms with Gasteiger partial charge in [0.2, 0.25) is 5.91 Å². The summed E-state index contributed by atoms with van der Waals surface area (Å²) < 4.78 is 0.792. The van der Waals surface area contributed by atoms with E-state index in [4.69, 9.17) is 0 Å². The van der Waals surface area contributed by atoms with E-state index >= 15 is 0 Å². The fourth-order valence-electron chi connectivity index (χ4n) is 1.82. The molecule has 0 aliphatic carbocycles. The van der Waals surface area contributed by atoms with Crippen molar-refractivity contribution in [3.05, 3.63) is 45.8 Å². The Bertz CT molecular complexity index is 798. The second-order valence-electron chi connectivity index (χ2n) is 4.97. The van der Waals surface area contributed by atoms with Crippen molar-refractivity contribution in [2.24, 2.45) is 5.10 Å². The minimum absolute atomic E-state index is 0.118. The van der Waals surface area contributed by atoms with E-state index in [9.17, 15) is 4.79 Å². The third-order valence-corrected chi connectivity index (χ3v) is 5.75. The Labute approximate surface area is 152 Å². The monoisotopic (exact) mass is 377 g/mol. The van der Waals surface area contributed by atoms with Gasteiger partial charge in [0.05, 0.1) is 11.4 Å². The molecule has 2 aromatic rings. The first-order valence-electron chi connectivity index (χ1n) is 7.10. The van der Waals surface area contributed by atoms with Crippen LogP contribution >= 0.6 is 34.9 Å². The van der Waals surface area contributed by atoms with Gasteiger partial charge < -0.3 is 5.32 Å². The molecule has 1 aliphatic rings. The second-order valence-corrected chi connectivity index (χ2v) is 8.23. The van der Waals surface area contributed by atoms with Crippen molar-refractivity contribution in [1.82, 2.24) is 20.9 Å². The summed E-state index contributed by atoms with van der Waals surface area (Å²) >= 11 is 4.23. The van der Waals surface area contributed by atoms with E-state index < -0.39 is 0 Å². The standard InChI is InChI=1S/C15H15N5OS3/c1-9-3-5-11(6-4-9)12-7-22-14(19-18-12)16-13(21)8-23-15-20-17-10(2)24-15/h3-7,18H,8H2,1-2H3,(H,16,19,21). The Morgan fingerprint density at radius 3 is 2.67 bits per heavy atom. The Kier molecular flexibility index (Phi) is 5.54. The molecular formula is C15H15N5OS3. The molecule has 2 heterocycles. The number of hydrogen-bond donors (Lipinski definition) is 2. The van der Waals surface area contributed by atoms with Crippen LogP contribution in [0.25, 0.3) is 5.70 Å². The number of nitrogens with zero attached hydrogens (tertiary/aromatic N) is 3. The van der Waals surface area contributed by atoms with Gasteiger partial charge in [0.1, 0.15) is 5.01 Å². The van der Waals surface area contributed by atoms with E-state index in [1.54, 1.807) is 0 Å². The topological polar surface area (TPSA) is 79.3 Å². The van der Waals surface area contributed by atoms with Crippen LogP contribution < -0.4 is 10.7 Å². The van der Waals surface area contributed by atoms with Gasteiger partial charge >= 0.3 is 0 Å². The van der Waals surface area contributed by atoms with Crippen molar-refractivity contribution >= 4 is 51.6 Å². The van der Waals surface area contributed by atoms with Crippen LogP contribution in [0, 0.1) is 13.8 Å². The molecule has 1 aromatic carbocycles. The first-order chi connectivity index (χ1) is 11.6. The highest BCUT2D eigenvalue weighted by atomic mass is 32.2. The van der Waals surface area contributed by atoms with Crippen LogP contribution in [0.1, 0.15) is 16.1 Å². The minimum Gasteiger partial charge on any atom is -0.303 e. The molecular weight excluding hydrogens is 362 g/mol. The van der Waals surface area contributed by atoms with Crippen molar-refractivity contribution in [2.45, 2.75) is 18.2 Å². The molecule has 6 nitrogen and oxygen atoms in total. The lowest BCUT2D eigenvalue weighted by atomic mass is 10.1. The number of hydrogen-bond acceptors (Lipinski definition) is 8. The molecule has 2 N–H and O–H groups in total. The normalized spacial score (nSPS) is 13.8. The van der Waals surface area contributed by atoms with Crippen LogP contribution in [0.3, 0.4) is 0 Å². The fourth-order valence-corrected chi connectivity index (χ4v) is 4.13. The number of thioether (sulfide) groups is 2. The number of hydrazone groups is 1. The first kappa shape index (κ1) is 17.0. The third-order valence-electron chi connectivity index (χ3n) is 3.01. The van der Waals surface area contributed by atoms with Gasteiger partial charge in [-0.2, -0.15) is 0 Å². The van der Waals surface area contributed by atoms with Gasteiger partial charge in [0.25, 0.3) is 0 Å². The summed E-state index contributed by atoms with van der Waals surface area (Å²) in [7, 11) is 0. The highest BCUT2D eigenvalue weighted by Gasteiger charge is 2.13. The molecule has 0 unspecified atom stereocenters. The summed E-state index contributed by atoms with van der Waals surface area (Å²) in [5.41, 5.74) is 6.16. The summed E-state index contributed by atoms with van der Waals surface area (Å²) in [6.07, 6.45) is 0. The van der Waals surface area contributed by atoms with Crippen molar-refractivity contribution < 1.29 is 4.79 Å². The molecule has 3 rings (SSSR count). The van der Waals surface area contributed by atoms with Crippen LogP contribution in [-0.4, -0.2) is 27.0 Å². The number of carbonyl (C=O) groups excluding carboxylic acids is 1. The van der Waals surface area contributed by atoms with Crippen LogP contribution in [0.15, 0.2) is 39.1 Å². The van der Waals surface area contributed by atoms with Gasteiger partial charge in [-0.15, -0.1) is 15.3 Å². The average molecular weight is 378 g/mol. The zero-order valence-electron chi connectivity index (χ0n) is 13.1. The number of nitrogens with one attached hydrogen (secondary N) is 2. The van der Waals surface area contributed by atoms with Gasteiger partial charge in [-0.05, 0) is 13.8 Å². The maximum absolute atomic E-state index is 12.0. The van der Waals surface area contributed by atoms with Crippen molar-refractivity contribution in [3.63, 3.8) is 0 Å². The van der Waals surface area contributed by atoms with E-state index in [2.05, 4.69) is 38.2 Å². The number of amides is 1. The quantitative estimate of drug-likeness (QED) is 0.798. The predicted octanol–water partition coefficient (Wildman–Crippen LogP) is 2.97. The molecule has 124 valence electrons. The van der Waals surface area contributed by atoms with E-state index in [1.807, 2.05) is 31.4 Å². The molecule has 0 saturated carbocycles. The third kappa shape index (κ3) is 4.59. The van der Waals surface area contributed by atoms with E-state index in [1.165, 1.54) is 40.4 Å². The highest BCUT2D eigenvalue weighted by Crippen LogP contribution is 2.23. The largest absolute Gasteiger partial charge is 0.303 e. The summed E-state index contributed by atoms with van der Waals surface area (Å²) in [5, 5.41) is 18.2. The first-order valence-corrected chi connectivity index (χ1v) is 9.78. The zero-order chi connectivity index (χ0) is 16.9. The Hall–Kier alpha value is -1.84. The predicted molar refractivity (Wildman–Crippen MR) is 101 cm³/mol. The number of rotatable bonds is 4. The highest BCUT2D eigenvalue weighted by molar-refractivity contribution is 8.16. The molecule has 0 saturated heterocycles. The molecule has 9 heteroatoms. The molecule has 1 aromatic heterocycles.